The maximum Gasteiger partial charge on any atom is 0.180 e. The Labute approximate surface area is 77.8 Å². The fourth-order valence-corrected chi connectivity index (χ4v) is 1.16. The van der Waals surface area contributed by atoms with Gasteiger partial charge in [-0.05, 0) is 12.1 Å². The second kappa shape index (κ2) is 3.58. The van der Waals surface area contributed by atoms with Crippen LogP contribution in [-0.4, -0.2) is 21.3 Å². The van der Waals surface area contributed by atoms with Crippen LogP contribution in [0.1, 0.15) is 10.4 Å². The molecule has 0 heterocycles. The van der Waals surface area contributed by atoms with Gasteiger partial charge in [-0.25, -0.2) is 0 Å². The number of carbonyl (C=O) groups is 1. The Bertz CT molecular complexity index is 289. The quantitative estimate of drug-likeness (QED) is 0.601. The molecule has 0 aromatic heterocycles. The highest BCUT2D eigenvalue weighted by atomic mass is 79.9. The number of hydrogen-bond acceptors (Lipinski definition) is 3. The van der Waals surface area contributed by atoms with Gasteiger partial charge < -0.3 is 10.2 Å². The van der Waals surface area contributed by atoms with Gasteiger partial charge in [-0.2, -0.15) is 0 Å². The number of Topliss-reactive ketones (excluding diaryl/α,β-unsaturated/α-hetero) is 1. The number of carbonyl (C=O) groups excluding carboxylic acids is 1. The fourth-order valence-electron chi connectivity index (χ4n) is 0.881. The van der Waals surface area contributed by atoms with Gasteiger partial charge in [0.05, 0.1) is 5.33 Å². The van der Waals surface area contributed by atoms with E-state index in [1.807, 2.05) is 0 Å². The van der Waals surface area contributed by atoms with Crippen LogP contribution in [0.4, 0.5) is 0 Å². The first-order chi connectivity index (χ1) is 5.66. The second-order valence-electron chi connectivity index (χ2n) is 2.23. The maximum absolute atomic E-state index is 11.1. The summed E-state index contributed by atoms with van der Waals surface area (Å²) in [6.45, 7) is 0. The molecule has 12 heavy (non-hydrogen) atoms. The van der Waals surface area contributed by atoms with Crippen molar-refractivity contribution in [2.24, 2.45) is 0 Å². The van der Waals surface area contributed by atoms with Crippen LogP contribution in [0.2, 0.25) is 0 Å². The molecule has 0 radical (unpaired) electrons. The minimum Gasteiger partial charge on any atom is -0.507 e. The van der Waals surface area contributed by atoms with Crippen molar-refractivity contribution in [1.82, 2.24) is 0 Å². The molecule has 1 rings (SSSR count). The van der Waals surface area contributed by atoms with Gasteiger partial charge in [-0.1, -0.05) is 22.0 Å². The van der Waals surface area contributed by atoms with Crippen LogP contribution in [0, 0.1) is 0 Å². The van der Waals surface area contributed by atoms with Crippen LogP contribution in [0.5, 0.6) is 11.5 Å². The molecule has 0 bridgehead atoms. The first-order valence-electron chi connectivity index (χ1n) is 3.27. The highest BCUT2D eigenvalue weighted by molar-refractivity contribution is 9.09. The van der Waals surface area contributed by atoms with Gasteiger partial charge in [0.15, 0.2) is 5.78 Å². The zero-order valence-corrected chi connectivity index (χ0v) is 7.71. The summed E-state index contributed by atoms with van der Waals surface area (Å²) in [4.78, 5) is 11.1. The van der Waals surface area contributed by atoms with Crippen LogP contribution in [0.3, 0.4) is 0 Å². The van der Waals surface area contributed by atoms with Crippen molar-refractivity contribution in [3.63, 3.8) is 0 Å². The van der Waals surface area contributed by atoms with E-state index in [1.54, 1.807) is 0 Å². The summed E-state index contributed by atoms with van der Waals surface area (Å²) in [5, 5.41) is 18.5. The Morgan fingerprint density at radius 3 is 2.25 bits per heavy atom. The van der Waals surface area contributed by atoms with E-state index in [2.05, 4.69) is 15.9 Å². The van der Waals surface area contributed by atoms with E-state index < -0.39 is 0 Å². The number of aromatic hydroxyl groups is 2. The fraction of sp³-hybridized carbons (Fsp3) is 0.125. The number of halogens is 1. The van der Waals surface area contributed by atoms with Crippen molar-refractivity contribution in [3.8, 4) is 11.5 Å². The summed E-state index contributed by atoms with van der Waals surface area (Å²) in [6, 6.07) is 4.18. The number of phenolic OH excluding ortho intramolecular Hbond substituents is 2. The van der Waals surface area contributed by atoms with Gasteiger partial charge in [-0.15, -0.1) is 0 Å². The topological polar surface area (TPSA) is 57.5 Å². The third-order valence-electron chi connectivity index (χ3n) is 1.42. The van der Waals surface area contributed by atoms with Crippen molar-refractivity contribution in [3.05, 3.63) is 23.8 Å². The number of ketones is 1. The highest BCUT2D eigenvalue weighted by Crippen LogP contribution is 2.26. The van der Waals surface area contributed by atoms with E-state index in [1.165, 1.54) is 18.2 Å². The lowest BCUT2D eigenvalue weighted by Crippen LogP contribution is -2.00. The molecular formula is C8H7BrO3. The first-order valence-corrected chi connectivity index (χ1v) is 4.39. The molecule has 0 aliphatic rings. The predicted molar refractivity (Wildman–Crippen MR) is 47.9 cm³/mol. The lowest BCUT2D eigenvalue weighted by molar-refractivity contribution is 0.101. The van der Waals surface area contributed by atoms with Gasteiger partial charge in [0, 0.05) is 0 Å². The molecule has 0 atom stereocenters. The average molecular weight is 231 g/mol. The Morgan fingerprint density at radius 1 is 1.33 bits per heavy atom. The van der Waals surface area contributed by atoms with Crippen LogP contribution in [0.25, 0.3) is 0 Å². The van der Waals surface area contributed by atoms with E-state index >= 15 is 0 Å². The number of alkyl halides is 1. The summed E-state index contributed by atoms with van der Waals surface area (Å²) in [5.41, 5.74) is -0.0330. The average Bonchev–Trinajstić information content (AvgIpc) is 2.03. The maximum atomic E-state index is 11.1. The van der Waals surface area contributed by atoms with Crippen molar-refractivity contribution >= 4 is 21.7 Å². The van der Waals surface area contributed by atoms with Crippen LogP contribution in [0.15, 0.2) is 18.2 Å². The summed E-state index contributed by atoms with van der Waals surface area (Å²) >= 11 is 2.95. The Hall–Kier alpha value is -1.03. The molecule has 0 unspecified atom stereocenters. The highest BCUT2D eigenvalue weighted by Gasteiger charge is 2.13. The van der Waals surface area contributed by atoms with Gasteiger partial charge in [0.25, 0.3) is 0 Å². The Morgan fingerprint density at radius 2 is 1.83 bits per heavy atom. The van der Waals surface area contributed by atoms with E-state index in [0.717, 1.165) is 0 Å². The molecule has 0 spiro atoms. The van der Waals surface area contributed by atoms with Crippen LogP contribution >= 0.6 is 15.9 Å². The molecule has 0 amide bonds. The number of hydrogen-bond donors (Lipinski definition) is 2. The van der Waals surface area contributed by atoms with Crippen molar-refractivity contribution in [2.75, 3.05) is 5.33 Å². The van der Waals surface area contributed by atoms with Crippen molar-refractivity contribution in [2.45, 2.75) is 0 Å². The van der Waals surface area contributed by atoms with Crippen molar-refractivity contribution in [1.29, 1.82) is 0 Å². The minimum absolute atomic E-state index is 0.0330. The molecule has 4 heteroatoms. The van der Waals surface area contributed by atoms with Crippen LogP contribution < -0.4 is 0 Å². The predicted octanol–water partition coefficient (Wildman–Crippen LogP) is 1.68. The first kappa shape index (κ1) is 9.06. The number of phenols is 2. The smallest absolute Gasteiger partial charge is 0.180 e. The van der Waals surface area contributed by atoms with Gasteiger partial charge in [-0.3, -0.25) is 4.79 Å². The Kier molecular flexibility index (Phi) is 2.70. The number of benzene rings is 1. The molecule has 0 fully saturated rings. The second-order valence-corrected chi connectivity index (χ2v) is 2.79. The molecule has 0 saturated heterocycles. The Balaban J connectivity index is 3.21. The monoisotopic (exact) mass is 230 g/mol. The van der Waals surface area contributed by atoms with Gasteiger partial charge in [0.1, 0.15) is 17.1 Å². The molecule has 0 aliphatic heterocycles. The largest absolute Gasteiger partial charge is 0.507 e. The number of rotatable bonds is 2. The van der Waals surface area contributed by atoms with E-state index in [-0.39, 0.29) is 28.2 Å². The summed E-state index contributed by atoms with van der Waals surface area (Å²) in [5.74, 6) is -0.732. The molecular weight excluding hydrogens is 224 g/mol. The molecule has 3 nitrogen and oxygen atoms in total. The minimum atomic E-state index is -0.342. The molecule has 1 aromatic carbocycles. The summed E-state index contributed by atoms with van der Waals surface area (Å²) in [6.07, 6.45) is 0. The molecule has 0 aliphatic carbocycles. The third kappa shape index (κ3) is 1.58. The lowest BCUT2D eigenvalue weighted by Gasteiger charge is -2.02. The summed E-state index contributed by atoms with van der Waals surface area (Å²) in [7, 11) is 0. The zero-order chi connectivity index (χ0) is 9.14. The molecule has 0 saturated carbocycles. The van der Waals surface area contributed by atoms with Crippen molar-refractivity contribution < 1.29 is 15.0 Å². The molecule has 2 N–H and O–H groups in total. The molecule has 1 aromatic rings. The lowest BCUT2D eigenvalue weighted by atomic mass is 10.1. The summed E-state index contributed by atoms with van der Waals surface area (Å²) < 4.78 is 0. The normalized spacial score (nSPS) is 9.75. The van der Waals surface area contributed by atoms with Gasteiger partial charge >= 0.3 is 0 Å². The third-order valence-corrected chi connectivity index (χ3v) is 1.93. The van der Waals surface area contributed by atoms with Crippen LogP contribution in [-0.2, 0) is 0 Å². The zero-order valence-electron chi connectivity index (χ0n) is 6.12. The van der Waals surface area contributed by atoms with E-state index in [9.17, 15) is 15.0 Å². The van der Waals surface area contributed by atoms with E-state index in [4.69, 9.17) is 0 Å². The van der Waals surface area contributed by atoms with Gasteiger partial charge in [0.2, 0.25) is 0 Å². The van der Waals surface area contributed by atoms with E-state index in [0.29, 0.717) is 0 Å². The molecule has 64 valence electrons. The standard InChI is InChI=1S/C8H7BrO3/c9-4-7(12)8-5(10)2-1-3-6(8)11/h1-3,10-11H,4H2. The SMILES string of the molecule is O=C(CBr)c1c(O)cccc1O.